The summed E-state index contributed by atoms with van der Waals surface area (Å²) in [5, 5.41) is 0. The third-order valence-electron chi connectivity index (χ3n) is 5.16. The van der Waals surface area contributed by atoms with Crippen molar-refractivity contribution in [2.75, 3.05) is 0 Å². The minimum Gasteiger partial charge on any atom is -0.393 e. The van der Waals surface area contributed by atoms with E-state index in [0.29, 0.717) is 6.42 Å². The van der Waals surface area contributed by atoms with E-state index in [0.717, 1.165) is 0 Å². The van der Waals surface area contributed by atoms with E-state index >= 15 is 0 Å². The lowest BCUT2D eigenvalue weighted by Gasteiger charge is -2.36. The van der Waals surface area contributed by atoms with Crippen molar-refractivity contribution >= 4 is 39.7 Å². The maximum Gasteiger partial charge on any atom is 0.317 e. The summed E-state index contributed by atoms with van der Waals surface area (Å²) < 4.78 is 4.73. The van der Waals surface area contributed by atoms with Crippen LogP contribution >= 0.6 is 15.9 Å². The van der Waals surface area contributed by atoms with E-state index in [4.69, 9.17) is 4.74 Å². The smallest absolute Gasteiger partial charge is 0.317 e. The molecule has 6 atom stereocenters. The minimum atomic E-state index is -0.490. The first kappa shape index (κ1) is 12.5. The first-order valence-corrected chi connectivity index (χ1v) is 7.67. The maximum atomic E-state index is 11.9. The number of hydrogen-bond donors (Lipinski definition) is 0. The first-order valence-electron chi connectivity index (χ1n) is 6.75. The highest BCUT2D eigenvalue weighted by atomic mass is 79.9. The van der Waals surface area contributed by atoms with E-state index in [-0.39, 0.29) is 47.4 Å². The Balaban J connectivity index is 1.71. The van der Waals surface area contributed by atoms with Gasteiger partial charge in [0.15, 0.2) is 0 Å². The Bertz CT molecular complexity index is 545. The molecule has 2 saturated carbocycles. The normalized spacial score (nSPS) is 46.4. The van der Waals surface area contributed by atoms with Gasteiger partial charge in [-0.1, -0.05) is 15.9 Å². The fourth-order valence-electron chi connectivity index (χ4n) is 4.45. The molecule has 0 radical (unpaired) electrons. The Morgan fingerprint density at radius 3 is 2.10 bits per heavy atom. The largest absolute Gasteiger partial charge is 0.393 e. The Kier molecular flexibility index (Phi) is 2.44. The van der Waals surface area contributed by atoms with Crippen molar-refractivity contribution in [3.8, 4) is 0 Å². The van der Waals surface area contributed by atoms with Gasteiger partial charge in [0.1, 0.15) is 0 Å². The molecule has 0 aromatic carbocycles. The monoisotopic (exact) mass is 341 g/mol. The van der Waals surface area contributed by atoms with Crippen LogP contribution in [0.1, 0.15) is 19.3 Å². The predicted molar refractivity (Wildman–Crippen MR) is 67.3 cm³/mol. The van der Waals surface area contributed by atoms with E-state index in [9.17, 15) is 19.2 Å². The highest BCUT2D eigenvalue weighted by Gasteiger charge is 2.68. The van der Waals surface area contributed by atoms with E-state index in [1.54, 1.807) is 0 Å². The summed E-state index contributed by atoms with van der Waals surface area (Å²) in [5.74, 6) is -2.36. The number of nitrogens with zero attached hydrogens (tertiary/aromatic N) is 1. The molecule has 0 aromatic rings. The van der Waals surface area contributed by atoms with Crippen molar-refractivity contribution in [3.05, 3.63) is 0 Å². The predicted octanol–water partition coefficient (Wildman–Crippen LogP) is 0.233. The van der Waals surface area contributed by atoms with Gasteiger partial charge in [-0.05, 0) is 18.3 Å². The van der Waals surface area contributed by atoms with Crippen LogP contribution in [0.3, 0.4) is 0 Å². The molecular weight excluding hydrogens is 330 g/mol. The van der Waals surface area contributed by atoms with Gasteiger partial charge in [0.05, 0.1) is 17.9 Å². The Morgan fingerprint density at radius 2 is 1.50 bits per heavy atom. The van der Waals surface area contributed by atoms with Crippen LogP contribution in [0, 0.1) is 23.7 Å². The molecule has 4 fully saturated rings. The molecule has 2 aliphatic heterocycles. The molecule has 2 bridgehead atoms. The van der Waals surface area contributed by atoms with E-state index < -0.39 is 23.8 Å². The van der Waals surface area contributed by atoms with Gasteiger partial charge in [0, 0.05) is 17.7 Å². The molecular formula is C13H12BrNO5. The van der Waals surface area contributed by atoms with Gasteiger partial charge in [-0.3, -0.25) is 24.1 Å². The Hall–Kier alpha value is -1.24. The maximum absolute atomic E-state index is 11.9. The number of esters is 2. The second-order valence-electron chi connectivity index (χ2n) is 5.95. The molecule has 2 amide bonds. The fraction of sp³-hybridized carbons (Fsp3) is 0.692. The van der Waals surface area contributed by atoms with Crippen LogP contribution in [0.15, 0.2) is 0 Å². The first-order chi connectivity index (χ1) is 9.50. The van der Waals surface area contributed by atoms with Gasteiger partial charge >= 0.3 is 11.9 Å². The molecule has 0 N–H and O–H groups in total. The van der Waals surface area contributed by atoms with Gasteiger partial charge in [-0.2, -0.15) is 0 Å². The van der Waals surface area contributed by atoms with Crippen molar-refractivity contribution in [2.24, 2.45) is 23.7 Å². The molecule has 106 valence electrons. The van der Waals surface area contributed by atoms with Gasteiger partial charge in [0.25, 0.3) is 0 Å². The average molecular weight is 342 g/mol. The van der Waals surface area contributed by atoms with E-state index in [2.05, 4.69) is 15.9 Å². The van der Waals surface area contributed by atoms with Crippen LogP contribution in [-0.2, 0) is 23.9 Å². The number of cyclic esters (lactones) is 2. The van der Waals surface area contributed by atoms with Crippen LogP contribution in [0.25, 0.3) is 0 Å². The number of carbonyl (C=O) groups is 4. The van der Waals surface area contributed by atoms with Crippen LogP contribution < -0.4 is 0 Å². The SMILES string of the molecule is O=C1OC(=O)[C@@H]2[C@H]3C[C@H]([C@@H]12)[C@H](N1C(=O)CCC1=O)[C@H]3Br. The quantitative estimate of drug-likeness (QED) is 0.295. The van der Waals surface area contributed by atoms with Crippen LogP contribution in [0.4, 0.5) is 0 Å². The molecule has 2 aliphatic carbocycles. The number of imide groups is 1. The second-order valence-corrected chi connectivity index (χ2v) is 7.00. The number of alkyl halides is 1. The number of halogens is 1. The molecule has 2 saturated heterocycles. The Labute approximate surface area is 122 Å². The minimum absolute atomic E-state index is 0.0323. The zero-order valence-corrected chi connectivity index (χ0v) is 12.0. The van der Waals surface area contributed by atoms with E-state index in [1.165, 1.54) is 4.90 Å². The lowest BCUT2D eigenvalue weighted by molar-refractivity contribution is -0.155. The van der Waals surface area contributed by atoms with Crippen molar-refractivity contribution < 1.29 is 23.9 Å². The lowest BCUT2D eigenvalue weighted by Crippen LogP contribution is -2.52. The number of likely N-dealkylation sites (tertiary alicyclic amines) is 1. The lowest BCUT2D eigenvalue weighted by atomic mass is 9.78. The summed E-state index contributed by atoms with van der Waals surface area (Å²) in [5.41, 5.74) is 0. The highest BCUT2D eigenvalue weighted by molar-refractivity contribution is 9.09. The fourth-order valence-corrected chi connectivity index (χ4v) is 5.62. The van der Waals surface area contributed by atoms with Crippen molar-refractivity contribution in [3.63, 3.8) is 0 Å². The van der Waals surface area contributed by atoms with Gasteiger partial charge in [0.2, 0.25) is 11.8 Å². The Morgan fingerprint density at radius 1 is 0.950 bits per heavy atom. The number of ether oxygens (including phenoxy) is 1. The number of amides is 2. The van der Waals surface area contributed by atoms with Crippen LogP contribution in [0.5, 0.6) is 0 Å². The number of rotatable bonds is 1. The zero-order valence-electron chi connectivity index (χ0n) is 10.5. The third kappa shape index (κ3) is 1.34. The summed E-state index contributed by atoms with van der Waals surface area (Å²) in [6.07, 6.45) is 1.17. The summed E-state index contributed by atoms with van der Waals surface area (Å²) in [4.78, 5) is 48.6. The van der Waals surface area contributed by atoms with Crippen LogP contribution in [0.2, 0.25) is 0 Å². The number of hydrogen-bond acceptors (Lipinski definition) is 5. The summed E-state index contributed by atoms with van der Waals surface area (Å²) >= 11 is 3.55. The van der Waals surface area contributed by atoms with Gasteiger partial charge in [-0.25, -0.2) is 0 Å². The molecule has 0 spiro atoms. The molecule has 2 heterocycles. The second kappa shape index (κ2) is 3.90. The average Bonchev–Trinajstić information content (AvgIpc) is 3.07. The highest BCUT2D eigenvalue weighted by Crippen LogP contribution is 2.59. The third-order valence-corrected chi connectivity index (χ3v) is 6.38. The standard InChI is InChI=1S/C13H12BrNO5/c14-10-4-3-5(9-8(4)12(18)20-13(9)19)11(10)15-6(16)1-2-7(15)17/h4-5,8-11H,1-3H2/t4-,5-,8-,9-,10+,11+/m1/s1. The molecule has 4 rings (SSSR count). The van der Waals surface area contributed by atoms with Crippen LogP contribution in [-0.4, -0.2) is 39.5 Å². The van der Waals surface area contributed by atoms with Crippen molar-refractivity contribution in [2.45, 2.75) is 30.1 Å². The van der Waals surface area contributed by atoms with Gasteiger partial charge in [-0.15, -0.1) is 0 Å². The molecule has 4 aliphatic rings. The number of fused-ring (bicyclic) bond motifs is 5. The molecule has 0 unspecified atom stereocenters. The zero-order chi connectivity index (χ0) is 14.2. The molecule has 0 aromatic heterocycles. The summed E-state index contributed by atoms with van der Waals surface area (Å²) in [7, 11) is 0. The number of carbonyl (C=O) groups excluding carboxylic acids is 4. The summed E-state index contributed by atoms with van der Waals surface area (Å²) in [6.45, 7) is 0. The molecule has 20 heavy (non-hydrogen) atoms. The molecule has 7 heteroatoms. The summed E-state index contributed by atoms with van der Waals surface area (Å²) in [6, 6.07) is -0.317. The van der Waals surface area contributed by atoms with Gasteiger partial charge < -0.3 is 4.74 Å². The van der Waals surface area contributed by atoms with E-state index in [1.807, 2.05) is 0 Å². The van der Waals surface area contributed by atoms with Crippen molar-refractivity contribution in [1.29, 1.82) is 0 Å². The van der Waals surface area contributed by atoms with Crippen molar-refractivity contribution in [1.82, 2.24) is 4.90 Å². The topological polar surface area (TPSA) is 80.8 Å². The molecule has 6 nitrogen and oxygen atoms in total.